The van der Waals surface area contributed by atoms with Crippen molar-refractivity contribution >= 4 is 6.09 Å². The third-order valence-corrected chi connectivity index (χ3v) is 4.52. The average molecular weight is 368 g/mol. The van der Waals surface area contributed by atoms with E-state index in [0.717, 1.165) is 31.8 Å². The number of nitrogens with zero attached hydrogens (tertiary/aromatic N) is 2. The van der Waals surface area contributed by atoms with E-state index in [-0.39, 0.29) is 12.2 Å². The van der Waals surface area contributed by atoms with Gasteiger partial charge in [-0.05, 0) is 38.5 Å². The van der Waals surface area contributed by atoms with Gasteiger partial charge in [-0.3, -0.25) is 4.90 Å². The van der Waals surface area contributed by atoms with E-state index >= 15 is 0 Å². The topological polar surface area (TPSA) is 42.0 Å². The average Bonchev–Trinajstić information content (AvgIpc) is 2.89. The van der Waals surface area contributed by atoms with Crippen molar-refractivity contribution in [1.29, 1.82) is 0 Å². The molecule has 0 spiro atoms. The number of hydrogen-bond donors (Lipinski definition) is 0. The summed E-state index contributed by atoms with van der Waals surface area (Å²) in [6.45, 7) is 8.05. The van der Waals surface area contributed by atoms with Crippen LogP contribution in [-0.2, 0) is 6.54 Å². The zero-order valence-corrected chi connectivity index (χ0v) is 16.1. The lowest BCUT2D eigenvalue weighted by atomic mass is 10.2. The molecule has 3 rings (SSSR count). The molecule has 0 saturated carbocycles. The maximum Gasteiger partial charge on any atom is 0.415 e. The molecule has 0 bridgehead atoms. The monoisotopic (exact) mass is 368 g/mol. The standard InChI is InChI=1S/C22H28N2O3/c1-18(2)26-21-12-7-6-9-19(21)17-23-13-8-14-24(16-15-23)22(25)27-20-10-4-3-5-11-20/h3-7,9-12,18H,8,13-17H2,1-2H3. The number of benzene rings is 2. The van der Waals surface area contributed by atoms with Crippen molar-refractivity contribution in [2.45, 2.75) is 32.9 Å². The first-order chi connectivity index (χ1) is 13.1. The van der Waals surface area contributed by atoms with Gasteiger partial charge in [0.15, 0.2) is 0 Å². The van der Waals surface area contributed by atoms with E-state index in [2.05, 4.69) is 11.0 Å². The van der Waals surface area contributed by atoms with Crippen LogP contribution in [0.4, 0.5) is 4.79 Å². The molecule has 0 unspecified atom stereocenters. The lowest BCUT2D eigenvalue weighted by Crippen LogP contribution is -2.37. The van der Waals surface area contributed by atoms with Crippen LogP contribution in [0.5, 0.6) is 11.5 Å². The summed E-state index contributed by atoms with van der Waals surface area (Å²) in [5, 5.41) is 0. The smallest absolute Gasteiger partial charge is 0.415 e. The minimum absolute atomic E-state index is 0.151. The summed E-state index contributed by atoms with van der Waals surface area (Å²) >= 11 is 0. The quantitative estimate of drug-likeness (QED) is 0.794. The lowest BCUT2D eigenvalue weighted by Gasteiger charge is -2.23. The Labute approximate surface area is 161 Å². The van der Waals surface area contributed by atoms with Gasteiger partial charge in [-0.25, -0.2) is 4.79 Å². The molecule has 1 amide bonds. The molecule has 1 heterocycles. The number of ether oxygens (including phenoxy) is 2. The van der Waals surface area contributed by atoms with E-state index in [1.807, 2.05) is 50.2 Å². The predicted octanol–water partition coefficient (Wildman–Crippen LogP) is 4.18. The first-order valence-electron chi connectivity index (χ1n) is 9.60. The number of para-hydroxylation sites is 2. The van der Waals surface area contributed by atoms with Crippen molar-refractivity contribution in [2.24, 2.45) is 0 Å². The molecule has 2 aromatic rings. The van der Waals surface area contributed by atoms with E-state index in [1.54, 1.807) is 17.0 Å². The molecule has 5 nitrogen and oxygen atoms in total. The largest absolute Gasteiger partial charge is 0.491 e. The van der Waals surface area contributed by atoms with E-state index in [0.29, 0.717) is 18.8 Å². The van der Waals surface area contributed by atoms with E-state index < -0.39 is 0 Å². The number of rotatable bonds is 5. The summed E-state index contributed by atoms with van der Waals surface area (Å²) in [6.07, 6.45) is 0.807. The molecule has 0 aliphatic carbocycles. The van der Waals surface area contributed by atoms with Gasteiger partial charge in [0.1, 0.15) is 11.5 Å². The first kappa shape index (κ1) is 19.2. The van der Waals surface area contributed by atoms with Gasteiger partial charge in [-0.15, -0.1) is 0 Å². The summed E-state index contributed by atoms with van der Waals surface area (Å²) in [7, 11) is 0. The second-order valence-corrected chi connectivity index (χ2v) is 7.07. The molecule has 144 valence electrons. The summed E-state index contributed by atoms with van der Waals surface area (Å²) in [6, 6.07) is 17.4. The van der Waals surface area contributed by atoms with Crippen molar-refractivity contribution < 1.29 is 14.3 Å². The van der Waals surface area contributed by atoms with Gasteiger partial charge in [0.05, 0.1) is 6.10 Å². The SMILES string of the molecule is CC(C)Oc1ccccc1CN1CCCN(C(=O)Oc2ccccc2)CC1. The Morgan fingerprint density at radius 1 is 0.963 bits per heavy atom. The van der Waals surface area contributed by atoms with Crippen LogP contribution in [0.1, 0.15) is 25.8 Å². The van der Waals surface area contributed by atoms with Crippen LogP contribution in [0.3, 0.4) is 0 Å². The highest BCUT2D eigenvalue weighted by Crippen LogP contribution is 2.22. The highest BCUT2D eigenvalue weighted by molar-refractivity contribution is 5.70. The minimum Gasteiger partial charge on any atom is -0.491 e. The molecular weight excluding hydrogens is 340 g/mol. The van der Waals surface area contributed by atoms with Crippen molar-refractivity contribution in [3.05, 3.63) is 60.2 Å². The first-order valence-corrected chi connectivity index (χ1v) is 9.60. The Hall–Kier alpha value is -2.53. The number of amides is 1. The predicted molar refractivity (Wildman–Crippen MR) is 106 cm³/mol. The van der Waals surface area contributed by atoms with Gasteiger partial charge in [0.2, 0.25) is 0 Å². The van der Waals surface area contributed by atoms with Crippen molar-refractivity contribution in [3.8, 4) is 11.5 Å². The van der Waals surface area contributed by atoms with Crippen molar-refractivity contribution in [1.82, 2.24) is 9.80 Å². The molecule has 27 heavy (non-hydrogen) atoms. The molecule has 0 radical (unpaired) electrons. The summed E-state index contributed by atoms with van der Waals surface area (Å²) in [5.74, 6) is 1.53. The van der Waals surface area contributed by atoms with Crippen LogP contribution in [0, 0.1) is 0 Å². The molecular formula is C22H28N2O3. The van der Waals surface area contributed by atoms with Crippen LogP contribution < -0.4 is 9.47 Å². The second kappa shape index (κ2) is 9.42. The fourth-order valence-electron chi connectivity index (χ4n) is 3.21. The Morgan fingerprint density at radius 3 is 2.48 bits per heavy atom. The molecule has 1 fully saturated rings. The Morgan fingerprint density at radius 2 is 1.70 bits per heavy atom. The molecule has 1 aliphatic heterocycles. The van der Waals surface area contributed by atoms with Crippen molar-refractivity contribution in [2.75, 3.05) is 26.2 Å². The number of hydrogen-bond acceptors (Lipinski definition) is 4. The van der Waals surface area contributed by atoms with E-state index in [9.17, 15) is 4.79 Å². The van der Waals surface area contributed by atoms with Crippen LogP contribution in [0.2, 0.25) is 0 Å². The zero-order chi connectivity index (χ0) is 19.1. The van der Waals surface area contributed by atoms with Gasteiger partial charge < -0.3 is 14.4 Å². The Bertz CT molecular complexity index is 733. The molecule has 0 aromatic heterocycles. The zero-order valence-electron chi connectivity index (χ0n) is 16.1. The number of carbonyl (C=O) groups is 1. The number of carbonyl (C=O) groups excluding carboxylic acids is 1. The fourth-order valence-corrected chi connectivity index (χ4v) is 3.21. The van der Waals surface area contributed by atoms with Crippen molar-refractivity contribution in [3.63, 3.8) is 0 Å². The van der Waals surface area contributed by atoms with Crippen LogP contribution in [0.15, 0.2) is 54.6 Å². The molecule has 2 aromatic carbocycles. The minimum atomic E-state index is -0.272. The van der Waals surface area contributed by atoms with Crippen LogP contribution in [-0.4, -0.2) is 48.2 Å². The molecule has 1 saturated heterocycles. The van der Waals surface area contributed by atoms with Gasteiger partial charge >= 0.3 is 6.09 Å². The summed E-state index contributed by atoms with van der Waals surface area (Å²) in [4.78, 5) is 16.6. The highest BCUT2D eigenvalue weighted by atomic mass is 16.6. The van der Waals surface area contributed by atoms with Gasteiger partial charge in [-0.2, -0.15) is 0 Å². The fraction of sp³-hybridized carbons (Fsp3) is 0.409. The molecule has 0 atom stereocenters. The van der Waals surface area contributed by atoms with E-state index in [4.69, 9.17) is 9.47 Å². The normalized spacial score (nSPS) is 15.4. The van der Waals surface area contributed by atoms with Gasteiger partial charge in [0.25, 0.3) is 0 Å². The Balaban J connectivity index is 1.56. The maximum absolute atomic E-state index is 12.4. The Kier molecular flexibility index (Phi) is 6.71. The molecule has 1 aliphatic rings. The summed E-state index contributed by atoms with van der Waals surface area (Å²) < 4.78 is 11.4. The second-order valence-electron chi connectivity index (χ2n) is 7.07. The van der Waals surface area contributed by atoms with E-state index in [1.165, 1.54) is 5.56 Å². The lowest BCUT2D eigenvalue weighted by molar-refractivity contribution is 0.153. The van der Waals surface area contributed by atoms with Gasteiger partial charge in [-0.1, -0.05) is 36.4 Å². The highest BCUT2D eigenvalue weighted by Gasteiger charge is 2.21. The maximum atomic E-state index is 12.4. The van der Waals surface area contributed by atoms with Crippen LogP contribution >= 0.6 is 0 Å². The third kappa shape index (κ3) is 5.73. The molecule has 0 N–H and O–H groups in total. The van der Waals surface area contributed by atoms with Crippen LogP contribution in [0.25, 0.3) is 0 Å². The third-order valence-electron chi connectivity index (χ3n) is 4.52. The summed E-state index contributed by atoms with van der Waals surface area (Å²) in [5.41, 5.74) is 1.19. The molecule has 5 heteroatoms. The van der Waals surface area contributed by atoms with Gasteiger partial charge in [0, 0.05) is 38.3 Å².